The minimum absolute atomic E-state index is 0.00743. The number of aryl methyl sites for hydroxylation is 2. The maximum Gasteiger partial charge on any atom is 0.247 e. The van der Waals surface area contributed by atoms with Gasteiger partial charge in [-0.05, 0) is 18.6 Å². The number of aromatic nitrogens is 4. The number of carbonyl (C=O) groups is 1. The van der Waals surface area contributed by atoms with E-state index >= 15 is 0 Å². The highest BCUT2D eigenvalue weighted by atomic mass is 16.4. The first-order valence-electron chi connectivity index (χ1n) is 8.45. The molecule has 1 atom stereocenters. The smallest absolute Gasteiger partial charge is 0.247 e. The summed E-state index contributed by atoms with van der Waals surface area (Å²) < 4.78 is 7.73. The van der Waals surface area contributed by atoms with E-state index in [-0.39, 0.29) is 11.9 Å². The van der Waals surface area contributed by atoms with Crippen LogP contribution in [0.15, 0.2) is 47.1 Å². The molecular formula is C18H19N5O2. The maximum absolute atomic E-state index is 12.2. The third kappa shape index (κ3) is 3.60. The number of amides is 1. The summed E-state index contributed by atoms with van der Waals surface area (Å²) in [6.07, 6.45) is 6.35. The molecule has 4 rings (SSSR count). The molecule has 1 aromatic carbocycles. The Morgan fingerprint density at radius 2 is 2.16 bits per heavy atom. The number of carbonyl (C=O) groups excluding carboxylic acids is 1. The standard InChI is InChI=1S/C18H19N5O2/c24-16(20-14-6-7-15-19-10-11-23(15)12-14)8-9-17-21-22-18(25-17)13-4-2-1-3-5-13/h1-5,10-11,14H,6-9,12H2,(H,20,24). The largest absolute Gasteiger partial charge is 0.421 e. The Hall–Kier alpha value is -2.96. The Bertz CT molecular complexity index is 855. The van der Waals surface area contributed by atoms with Gasteiger partial charge in [0.1, 0.15) is 5.82 Å². The molecule has 0 saturated carbocycles. The van der Waals surface area contributed by atoms with Crippen LogP contribution in [0.3, 0.4) is 0 Å². The summed E-state index contributed by atoms with van der Waals surface area (Å²) >= 11 is 0. The van der Waals surface area contributed by atoms with E-state index in [1.807, 2.05) is 36.5 Å². The number of hydrogen-bond donors (Lipinski definition) is 1. The van der Waals surface area contributed by atoms with E-state index in [0.29, 0.717) is 24.6 Å². The molecule has 1 amide bonds. The van der Waals surface area contributed by atoms with Gasteiger partial charge < -0.3 is 14.3 Å². The lowest BCUT2D eigenvalue weighted by molar-refractivity contribution is -0.122. The van der Waals surface area contributed by atoms with Crippen molar-refractivity contribution in [2.45, 2.75) is 38.3 Å². The van der Waals surface area contributed by atoms with Crippen molar-refractivity contribution in [2.75, 3.05) is 0 Å². The quantitative estimate of drug-likeness (QED) is 0.769. The molecule has 1 aliphatic heterocycles. The highest BCUT2D eigenvalue weighted by molar-refractivity contribution is 5.76. The molecule has 0 bridgehead atoms. The van der Waals surface area contributed by atoms with Gasteiger partial charge in [-0.1, -0.05) is 18.2 Å². The van der Waals surface area contributed by atoms with Crippen molar-refractivity contribution < 1.29 is 9.21 Å². The Morgan fingerprint density at radius 1 is 1.28 bits per heavy atom. The summed E-state index contributed by atoms with van der Waals surface area (Å²) in [4.78, 5) is 16.5. The molecule has 0 aliphatic carbocycles. The first-order chi connectivity index (χ1) is 12.3. The topological polar surface area (TPSA) is 85.8 Å². The lowest BCUT2D eigenvalue weighted by atomic mass is 10.1. The summed E-state index contributed by atoms with van der Waals surface area (Å²) in [5.41, 5.74) is 0.879. The van der Waals surface area contributed by atoms with Crippen LogP contribution in [-0.4, -0.2) is 31.7 Å². The van der Waals surface area contributed by atoms with Gasteiger partial charge in [0, 0.05) is 49.8 Å². The van der Waals surface area contributed by atoms with E-state index < -0.39 is 0 Å². The SMILES string of the molecule is O=C(CCc1nnc(-c2ccccc2)o1)NC1CCc2nccn2C1. The van der Waals surface area contributed by atoms with Gasteiger partial charge in [-0.2, -0.15) is 0 Å². The fraction of sp³-hybridized carbons (Fsp3) is 0.333. The molecule has 1 aliphatic rings. The van der Waals surface area contributed by atoms with E-state index in [1.165, 1.54) is 0 Å². The third-order valence-corrected chi connectivity index (χ3v) is 4.35. The minimum atomic E-state index is 0.00743. The van der Waals surface area contributed by atoms with Crippen LogP contribution in [0.4, 0.5) is 0 Å². The summed E-state index contributed by atoms with van der Waals surface area (Å²) in [5, 5.41) is 11.1. The summed E-state index contributed by atoms with van der Waals surface area (Å²) in [6.45, 7) is 0.778. The van der Waals surface area contributed by atoms with Crippen LogP contribution < -0.4 is 5.32 Å². The van der Waals surface area contributed by atoms with Crippen molar-refractivity contribution in [3.63, 3.8) is 0 Å². The van der Waals surface area contributed by atoms with Crippen LogP contribution in [0.1, 0.15) is 24.6 Å². The van der Waals surface area contributed by atoms with Crippen molar-refractivity contribution in [3.8, 4) is 11.5 Å². The molecule has 2 aromatic heterocycles. The summed E-state index contributed by atoms with van der Waals surface area (Å²) in [6, 6.07) is 9.75. The van der Waals surface area contributed by atoms with Crippen molar-refractivity contribution >= 4 is 5.91 Å². The third-order valence-electron chi connectivity index (χ3n) is 4.35. The number of fused-ring (bicyclic) bond motifs is 1. The van der Waals surface area contributed by atoms with Gasteiger partial charge in [0.25, 0.3) is 0 Å². The first kappa shape index (κ1) is 15.6. The lowest BCUT2D eigenvalue weighted by Crippen LogP contribution is -2.41. The molecule has 7 heteroatoms. The fourth-order valence-electron chi connectivity index (χ4n) is 3.06. The van der Waals surface area contributed by atoms with Crippen LogP contribution in [0.5, 0.6) is 0 Å². The Labute approximate surface area is 145 Å². The number of nitrogens with zero attached hydrogens (tertiary/aromatic N) is 4. The van der Waals surface area contributed by atoms with Crippen molar-refractivity contribution in [2.24, 2.45) is 0 Å². The molecule has 1 unspecified atom stereocenters. The molecule has 7 nitrogen and oxygen atoms in total. The molecule has 128 valence electrons. The lowest BCUT2D eigenvalue weighted by Gasteiger charge is -2.24. The second-order valence-corrected chi connectivity index (χ2v) is 6.17. The zero-order valence-corrected chi connectivity index (χ0v) is 13.8. The van der Waals surface area contributed by atoms with Crippen molar-refractivity contribution in [3.05, 3.63) is 54.4 Å². The van der Waals surface area contributed by atoms with E-state index in [1.54, 1.807) is 6.20 Å². The number of benzene rings is 1. The number of hydrogen-bond acceptors (Lipinski definition) is 5. The van der Waals surface area contributed by atoms with Crippen molar-refractivity contribution in [1.29, 1.82) is 0 Å². The monoisotopic (exact) mass is 337 g/mol. The second kappa shape index (κ2) is 6.88. The van der Waals surface area contributed by atoms with Gasteiger partial charge in [-0.15, -0.1) is 10.2 Å². The molecule has 0 radical (unpaired) electrons. The summed E-state index contributed by atoms with van der Waals surface area (Å²) in [5.74, 6) is 2.06. The maximum atomic E-state index is 12.2. The van der Waals surface area contributed by atoms with E-state index in [0.717, 1.165) is 30.8 Å². The number of imidazole rings is 1. The average molecular weight is 337 g/mol. The molecule has 3 heterocycles. The molecule has 3 aromatic rings. The molecule has 1 N–H and O–H groups in total. The number of nitrogens with one attached hydrogen (secondary N) is 1. The molecule has 0 fully saturated rings. The Morgan fingerprint density at radius 3 is 3.04 bits per heavy atom. The fourth-order valence-corrected chi connectivity index (χ4v) is 3.06. The molecule has 0 spiro atoms. The summed E-state index contributed by atoms with van der Waals surface area (Å²) in [7, 11) is 0. The van der Waals surface area contributed by atoms with Crippen LogP contribution in [0.2, 0.25) is 0 Å². The zero-order chi connectivity index (χ0) is 17.1. The normalized spacial score (nSPS) is 16.4. The Balaban J connectivity index is 1.29. The van der Waals surface area contributed by atoms with E-state index in [2.05, 4.69) is 25.1 Å². The van der Waals surface area contributed by atoms with Crippen LogP contribution in [-0.2, 0) is 24.2 Å². The van der Waals surface area contributed by atoms with Gasteiger partial charge in [0.15, 0.2) is 0 Å². The number of rotatable bonds is 5. The van der Waals surface area contributed by atoms with Gasteiger partial charge in [-0.3, -0.25) is 4.79 Å². The first-order valence-corrected chi connectivity index (χ1v) is 8.45. The molecule has 25 heavy (non-hydrogen) atoms. The second-order valence-electron chi connectivity index (χ2n) is 6.17. The van der Waals surface area contributed by atoms with Gasteiger partial charge in [0.05, 0.1) is 0 Å². The van der Waals surface area contributed by atoms with Gasteiger partial charge >= 0.3 is 0 Å². The van der Waals surface area contributed by atoms with Gasteiger partial charge in [0.2, 0.25) is 17.7 Å². The average Bonchev–Trinajstić information content (AvgIpc) is 3.30. The van der Waals surface area contributed by atoms with Crippen LogP contribution in [0, 0.1) is 0 Å². The van der Waals surface area contributed by atoms with Crippen LogP contribution in [0.25, 0.3) is 11.5 Å². The van der Waals surface area contributed by atoms with E-state index in [9.17, 15) is 4.79 Å². The van der Waals surface area contributed by atoms with E-state index in [4.69, 9.17) is 4.42 Å². The predicted octanol–water partition coefficient (Wildman–Crippen LogP) is 2.00. The Kier molecular flexibility index (Phi) is 4.28. The highest BCUT2D eigenvalue weighted by Gasteiger charge is 2.20. The highest BCUT2D eigenvalue weighted by Crippen LogP contribution is 2.17. The minimum Gasteiger partial charge on any atom is -0.421 e. The molecule has 0 saturated heterocycles. The zero-order valence-electron chi connectivity index (χ0n) is 13.8. The van der Waals surface area contributed by atoms with Crippen LogP contribution >= 0.6 is 0 Å². The van der Waals surface area contributed by atoms with Gasteiger partial charge in [-0.25, -0.2) is 4.98 Å². The van der Waals surface area contributed by atoms with Crippen molar-refractivity contribution in [1.82, 2.24) is 25.1 Å². The predicted molar refractivity (Wildman–Crippen MR) is 90.5 cm³/mol. The molecular weight excluding hydrogens is 318 g/mol.